The average molecular weight is 225 g/mol. The van der Waals surface area contributed by atoms with Crippen molar-refractivity contribution in [2.75, 3.05) is 0 Å². The first-order chi connectivity index (χ1) is 7.22. The van der Waals surface area contributed by atoms with Gasteiger partial charge >= 0.3 is 5.97 Å². The van der Waals surface area contributed by atoms with E-state index >= 15 is 0 Å². The molecule has 0 saturated heterocycles. The van der Waals surface area contributed by atoms with Gasteiger partial charge in [0.1, 0.15) is 6.61 Å². The van der Waals surface area contributed by atoms with Crippen LogP contribution in [0, 0.1) is 0 Å². The molecule has 80 valence electrons. The fourth-order valence-corrected chi connectivity index (χ4v) is 1.23. The van der Waals surface area contributed by atoms with Crippen LogP contribution in [0.15, 0.2) is 30.3 Å². The number of esters is 1. The molecule has 1 aromatic carbocycles. The van der Waals surface area contributed by atoms with Crippen LogP contribution in [-0.4, -0.2) is 11.8 Å². The highest BCUT2D eigenvalue weighted by Crippen LogP contribution is 2.07. The van der Waals surface area contributed by atoms with Crippen LogP contribution in [0.1, 0.15) is 12.0 Å². The van der Waals surface area contributed by atoms with E-state index in [9.17, 15) is 9.36 Å². The van der Waals surface area contributed by atoms with Crippen molar-refractivity contribution in [3.05, 3.63) is 35.9 Å². The zero-order chi connectivity index (χ0) is 11.1. The van der Waals surface area contributed by atoms with E-state index in [0.717, 1.165) is 5.56 Å². The Kier molecular flexibility index (Phi) is 4.95. The SMILES string of the molecule is NC(CC(=O)OCc1ccccc1)P=O. The van der Waals surface area contributed by atoms with Gasteiger partial charge in [-0.3, -0.25) is 9.36 Å². The molecule has 2 N–H and O–H groups in total. The number of hydrogen-bond donors (Lipinski definition) is 1. The van der Waals surface area contributed by atoms with Gasteiger partial charge in [-0.2, -0.15) is 0 Å². The fraction of sp³-hybridized carbons (Fsp3) is 0.300. The first-order valence-corrected chi connectivity index (χ1v) is 5.38. The van der Waals surface area contributed by atoms with E-state index in [0.29, 0.717) is 0 Å². The molecule has 0 aliphatic rings. The molecular formula is C10H12NO3P. The summed E-state index contributed by atoms with van der Waals surface area (Å²) in [6, 6.07) is 9.34. The quantitative estimate of drug-likeness (QED) is 0.611. The van der Waals surface area contributed by atoms with E-state index in [2.05, 4.69) is 0 Å². The lowest BCUT2D eigenvalue weighted by molar-refractivity contribution is -0.144. The minimum absolute atomic E-state index is 0.0299. The number of carbonyl (C=O) groups excluding carboxylic acids is 1. The summed E-state index contributed by atoms with van der Waals surface area (Å²) in [5.74, 6) is -1.11. The van der Waals surface area contributed by atoms with Crippen LogP contribution < -0.4 is 5.73 Å². The van der Waals surface area contributed by atoms with E-state index in [4.69, 9.17) is 10.5 Å². The minimum Gasteiger partial charge on any atom is -0.461 e. The molecule has 0 aliphatic carbocycles. The molecule has 0 aromatic heterocycles. The summed E-state index contributed by atoms with van der Waals surface area (Å²) >= 11 is 0. The van der Waals surface area contributed by atoms with Crippen LogP contribution in [-0.2, 0) is 20.7 Å². The number of rotatable bonds is 5. The monoisotopic (exact) mass is 225 g/mol. The third kappa shape index (κ3) is 4.68. The van der Waals surface area contributed by atoms with Crippen LogP contribution in [0.2, 0.25) is 0 Å². The first kappa shape index (κ1) is 11.8. The second kappa shape index (κ2) is 6.27. The highest BCUT2D eigenvalue weighted by Gasteiger charge is 2.10. The van der Waals surface area contributed by atoms with Crippen LogP contribution in [0.3, 0.4) is 0 Å². The van der Waals surface area contributed by atoms with E-state index < -0.39 is 11.8 Å². The molecule has 0 fully saturated rings. The average Bonchev–Trinajstić information content (AvgIpc) is 2.27. The standard InChI is InChI=1S/C10H12NO3P/c11-9(15-13)6-10(12)14-7-8-4-2-1-3-5-8/h1-5,9H,6-7,11H2. The van der Waals surface area contributed by atoms with Gasteiger partial charge in [-0.05, 0) is 5.56 Å². The molecule has 1 unspecified atom stereocenters. The van der Waals surface area contributed by atoms with Crippen molar-refractivity contribution >= 4 is 14.4 Å². The highest BCUT2D eigenvalue weighted by molar-refractivity contribution is 7.24. The molecule has 4 nitrogen and oxygen atoms in total. The van der Waals surface area contributed by atoms with Gasteiger partial charge in [0.25, 0.3) is 0 Å². The summed E-state index contributed by atoms with van der Waals surface area (Å²) in [6.07, 6.45) is -0.0299. The second-order valence-electron chi connectivity index (χ2n) is 3.02. The van der Waals surface area contributed by atoms with Crippen molar-refractivity contribution in [2.45, 2.75) is 18.8 Å². The lowest BCUT2D eigenvalue weighted by Crippen LogP contribution is -2.18. The smallest absolute Gasteiger partial charge is 0.308 e. The Morgan fingerprint density at radius 1 is 1.40 bits per heavy atom. The lowest BCUT2D eigenvalue weighted by atomic mass is 10.2. The Morgan fingerprint density at radius 3 is 2.67 bits per heavy atom. The molecule has 0 bridgehead atoms. The van der Waals surface area contributed by atoms with Gasteiger partial charge < -0.3 is 10.5 Å². The molecule has 5 heteroatoms. The maximum Gasteiger partial charge on any atom is 0.308 e. The molecular weight excluding hydrogens is 213 g/mol. The van der Waals surface area contributed by atoms with Crippen molar-refractivity contribution in [2.24, 2.45) is 5.73 Å². The summed E-state index contributed by atoms with van der Waals surface area (Å²) in [5, 5.41) is 0. The topological polar surface area (TPSA) is 69.4 Å². The summed E-state index contributed by atoms with van der Waals surface area (Å²) < 4.78 is 15.2. The highest BCUT2D eigenvalue weighted by atomic mass is 31.1. The van der Waals surface area contributed by atoms with Gasteiger partial charge in [-0.15, -0.1) is 0 Å². The Balaban J connectivity index is 2.31. The maximum absolute atomic E-state index is 11.1. The molecule has 0 amide bonds. The Labute approximate surface area is 89.6 Å². The fourth-order valence-electron chi connectivity index (χ4n) is 1.01. The molecule has 15 heavy (non-hydrogen) atoms. The molecule has 1 rings (SSSR count). The first-order valence-electron chi connectivity index (χ1n) is 4.50. The van der Waals surface area contributed by atoms with Crippen molar-refractivity contribution in [1.29, 1.82) is 0 Å². The third-order valence-corrected chi connectivity index (χ3v) is 2.21. The third-order valence-electron chi connectivity index (χ3n) is 1.75. The van der Waals surface area contributed by atoms with Crippen LogP contribution in [0.4, 0.5) is 0 Å². The van der Waals surface area contributed by atoms with Crippen molar-refractivity contribution in [3.8, 4) is 0 Å². The van der Waals surface area contributed by atoms with Crippen molar-refractivity contribution in [1.82, 2.24) is 0 Å². The Hall–Kier alpha value is -1.25. The molecule has 1 atom stereocenters. The van der Waals surface area contributed by atoms with E-state index in [1.165, 1.54) is 0 Å². The van der Waals surface area contributed by atoms with Gasteiger partial charge in [-0.1, -0.05) is 30.3 Å². The molecule has 0 heterocycles. The molecule has 0 aliphatic heterocycles. The Bertz CT molecular complexity index is 329. The number of hydrogen-bond acceptors (Lipinski definition) is 4. The molecule has 0 saturated carbocycles. The number of carbonyl (C=O) groups is 1. The van der Waals surface area contributed by atoms with Gasteiger partial charge in [0, 0.05) is 0 Å². The summed E-state index contributed by atoms with van der Waals surface area (Å²) in [5.41, 5.74) is 6.23. The predicted octanol–water partition coefficient (Wildman–Crippen LogP) is 1.70. The van der Waals surface area contributed by atoms with E-state index in [1.807, 2.05) is 30.3 Å². The van der Waals surface area contributed by atoms with Gasteiger partial charge in [0.15, 0.2) is 8.46 Å². The van der Waals surface area contributed by atoms with E-state index in [-0.39, 0.29) is 21.5 Å². The molecule has 1 aromatic rings. The normalized spacial score (nSPS) is 12.3. The zero-order valence-electron chi connectivity index (χ0n) is 8.13. The summed E-state index contributed by atoms with van der Waals surface area (Å²) in [4.78, 5) is 11.1. The van der Waals surface area contributed by atoms with Crippen molar-refractivity contribution < 1.29 is 14.1 Å². The van der Waals surface area contributed by atoms with Crippen LogP contribution in [0.25, 0.3) is 0 Å². The largest absolute Gasteiger partial charge is 0.461 e. The number of ether oxygens (including phenoxy) is 1. The maximum atomic E-state index is 11.1. The zero-order valence-corrected chi connectivity index (χ0v) is 9.02. The Morgan fingerprint density at radius 2 is 2.07 bits per heavy atom. The summed E-state index contributed by atoms with van der Waals surface area (Å²) in [6.45, 7) is 0.224. The minimum atomic E-state index is -0.673. The second-order valence-corrected chi connectivity index (χ2v) is 3.90. The van der Waals surface area contributed by atoms with Gasteiger partial charge in [0.05, 0.1) is 12.2 Å². The van der Waals surface area contributed by atoms with Gasteiger partial charge in [-0.25, -0.2) is 0 Å². The van der Waals surface area contributed by atoms with Crippen LogP contribution in [0.5, 0.6) is 0 Å². The number of benzene rings is 1. The molecule has 0 radical (unpaired) electrons. The summed E-state index contributed by atoms with van der Waals surface area (Å²) in [7, 11) is -0.238. The predicted molar refractivity (Wildman–Crippen MR) is 56.4 cm³/mol. The lowest BCUT2D eigenvalue weighted by Gasteiger charge is -2.05. The van der Waals surface area contributed by atoms with Gasteiger partial charge in [0.2, 0.25) is 0 Å². The number of nitrogens with two attached hydrogens (primary N) is 1. The van der Waals surface area contributed by atoms with E-state index in [1.54, 1.807) is 0 Å². The van der Waals surface area contributed by atoms with Crippen LogP contribution >= 0.6 is 8.46 Å². The molecule has 0 spiro atoms. The van der Waals surface area contributed by atoms with Crippen molar-refractivity contribution in [3.63, 3.8) is 0 Å².